The van der Waals surface area contributed by atoms with Crippen LogP contribution < -0.4 is 5.32 Å². The Morgan fingerprint density at radius 3 is 2.62 bits per heavy atom. The lowest BCUT2D eigenvalue weighted by molar-refractivity contribution is -0.145. The summed E-state index contributed by atoms with van der Waals surface area (Å²) in [4.78, 5) is 23.7. The van der Waals surface area contributed by atoms with Crippen molar-refractivity contribution in [2.45, 2.75) is 32.4 Å². The maximum atomic E-state index is 12.0. The first kappa shape index (κ1) is 17.9. The van der Waals surface area contributed by atoms with E-state index in [0.29, 0.717) is 11.6 Å². The number of halogens is 1. The van der Waals surface area contributed by atoms with Gasteiger partial charge in [-0.2, -0.15) is 0 Å². The SMILES string of the molecule is CCOC(=O)C(C)(C)SCC(=O)Nc1ccc(Cl)cc1C. The minimum atomic E-state index is -0.748. The summed E-state index contributed by atoms with van der Waals surface area (Å²) in [5, 5.41) is 3.44. The molecule has 1 amide bonds. The van der Waals surface area contributed by atoms with E-state index in [2.05, 4.69) is 5.32 Å². The van der Waals surface area contributed by atoms with Crippen LogP contribution in [0.2, 0.25) is 5.02 Å². The predicted octanol–water partition coefficient (Wildman–Crippen LogP) is 3.66. The predicted molar refractivity (Wildman–Crippen MR) is 88.0 cm³/mol. The lowest BCUT2D eigenvalue weighted by atomic mass is 10.2. The highest BCUT2D eigenvalue weighted by molar-refractivity contribution is 8.02. The van der Waals surface area contributed by atoms with E-state index < -0.39 is 4.75 Å². The van der Waals surface area contributed by atoms with Crippen molar-refractivity contribution in [3.8, 4) is 0 Å². The number of hydrogen-bond donors (Lipinski definition) is 1. The molecule has 1 aromatic rings. The number of carbonyl (C=O) groups is 2. The highest BCUT2D eigenvalue weighted by atomic mass is 35.5. The second kappa shape index (κ2) is 7.71. The molecule has 1 rings (SSSR count). The molecular formula is C15H20ClNO3S. The fourth-order valence-corrected chi connectivity index (χ4v) is 2.53. The van der Waals surface area contributed by atoms with Crippen LogP contribution >= 0.6 is 23.4 Å². The summed E-state index contributed by atoms with van der Waals surface area (Å²) in [6.45, 7) is 7.46. The van der Waals surface area contributed by atoms with Crippen LogP contribution in [-0.2, 0) is 14.3 Å². The lowest BCUT2D eigenvalue weighted by Gasteiger charge is -2.21. The standard InChI is InChI=1S/C15H20ClNO3S/c1-5-20-14(19)15(3,4)21-9-13(18)17-12-7-6-11(16)8-10(12)2/h6-8H,5,9H2,1-4H3,(H,17,18). The molecule has 0 aromatic heterocycles. The maximum absolute atomic E-state index is 12.0. The van der Waals surface area contributed by atoms with E-state index in [9.17, 15) is 9.59 Å². The third-order valence-corrected chi connectivity index (χ3v) is 4.32. The van der Waals surface area contributed by atoms with Crippen LogP contribution in [0.1, 0.15) is 26.3 Å². The van der Waals surface area contributed by atoms with Gasteiger partial charge in [0.25, 0.3) is 0 Å². The molecule has 1 N–H and O–H groups in total. The topological polar surface area (TPSA) is 55.4 Å². The highest BCUT2D eigenvalue weighted by Gasteiger charge is 2.30. The minimum absolute atomic E-state index is 0.164. The molecule has 21 heavy (non-hydrogen) atoms. The molecule has 0 unspecified atom stereocenters. The van der Waals surface area contributed by atoms with Crippen LogP contribution in [0.3, 0.4) is 0 Å². The first-order valence-corrected chi connectivity index (χ1v) is 8.00. The maximum Gasteiger partial charge on any atom is 0.321 e. The van der Waals surface area contributed by atoms with E-state index >= 15 is 0 Å². The van der Waals surface area contributed by atoms with Crippen LogP contribution in [0.5, 0.6) is 0 Å². The summed E-state index contributed by atoms with van der Waals surface area (Å²) < 4.78 is 4.24. The Morgan fingerprint density at radius 1 is 1.38 bits per heavy atom. The van der Waals surface area contributed by atoms with Crippen LogP contribution in [0.15, 0.2) is 18.2 Å². The first-order chi connectivity index (χ1) is 9.76. The molecule has 0 saturated heterocycles. The van der Waals surface area contributed by atoms with Crippen LogP contribution in [-0.4, -0.2) is 29.0 Å². The third-order valence-electron chi connectivity index (χ3n) is 2.79. The molecule has 4 nitrogen and oxygen atoms in total. The average Bonchev–Trinajstić information content (AvgIpc) is 2.40. The van der Waals surface area contributed by atoms with Crippen molar-refractivity contribution in [2.75, 3.05) is 17.7 Å². The summed E-state index contributed by atoms with van der Waals surface area (Å²) in [6.07, 6.45) is 0. The number of carbonyl (C=O) groups excluding carboxylic acids is 2. The summed E-state index contributed by atoms with van der Waals surface area (Å²) >= 11 is 7.12. The molecule has 116 valence electrons. The van der Waals surface area contributed by atoms with Crippen molar-refractivity contribution >= 4 is 40.9 Å². The van der Waals surface area contributed by atoms with Gasteiger partial charge >= 0.3 is 5.97 Å². The smallest absolute Gasteiger partial charge is 0.321 e. The Bertz CT molecular complexity index is 532. The molecule has 0 fully saturated rings. The van der Waals surface area contributed by atoms with Gasteiger partial charge in [0, 0.05) is 10.7 Å². The van der Waals surface area contributed by atoms with Crippen molar-refractivity contribution in [3.05, 3.63) is 28.8 Å². The fraction of sp³-hybridized carbons (Fsp3) is 0.467. The normalized spacial score (nSPS) is 11.1. The summed E-state index contributed by atoms with van der Waals surface area (Å²) in [7, 11) is 0. The summed E-state index contributed by atoms with van der Waals surface area (Å²) in [6, 6.07) is 5.27. The van der Waals surface area contributed by atoms with Crippen LogP contribution in [0, 0.1) is 6.92 Å². The molecule has 0 bridgehead atoms. The van der Waals surface area contributed by atoms with Gasteiger partial charge in [-0.1, -0.05) is 11.6 Å². The number of aryl methyl sites for hydroxylation is 1. The number of benzene rings is 1. The molecule has 0 radical (unpaired) electrons. The quantitative estimate of drug-likeness (QED) is 0.809. The van der Waals surface area contributed by atoms with Crippen molar-refractivity contribution in [1.29, 1.82) is 0 Å². The number of amides is 1. The second-order valence-corrected chi connectivity index (χ2v) is 7.06. The lowest BCUT2D eigenvalue weighted by Crippen LogP contribution is -2.32. The zero-order valence-corrected chi connectivity index (χ0v) is 14.2. The molecule has 0 aliphatic carbocycles. The Labute approximate surface area is 134 Å². The van der Waals surface area contributed by atoms with E-state index in [0.717, 1.165) is 11.3 Å². The van der Waals surface area contributed by atoms with Gasteiger partial charge in [-0.25, -0.2) is 0 Å². The molecule has 0 aliphatic heterocycles. The Morgan fingerprint density at radius 2 is 2.05 bits per heavy atom. The Hall–Kier alpha value is -1.20. The van der Waals surface area contributed by atoms with E-state index in [-0.39, 0.29) is 17.6 Å². The second-order valence-electron chi connectivity index (χ2n) is 5.03. The molecule has 1 aromatic carbocycles. The molecule has 0 aliphatic rings. The number of thioether (sulfide) groups is 1. The molecule has 0 spiro atoms. The molecule has 6 heteroatoms. The monoisotopic (exact) mass is 329 g/mol. The number of hydrogen-bond acceptors (Lipinski definition) is 4. The number of ether oxygens (including phenoxy) is 1. The number of anilines is 1. The van der Waals surface area contributed by atoms with E-state index in [1.807, 2.05) is 6.92 Å². The van der Waals surface area contributed by atoms with Crippen LogP contribution in [0.4, 0.5) is 5.69 Å². The van der Waals surface area contributed by atoms with Gasteiger partial charge in [0.1, 0.15) is 4.75 Å². The molecule has 0 heterocycles. The van der Waals surface area contributed by atoms with Gasteiger partial charge in [0.05, 0.1) is 12.4 Å². The van der Waals surface area contributed by atoms with E-state index in [1.54, 1.807) is 39.0 Å². The third kappa shape index (κ3) is 5.59. The minimum Gasteiger partial charge on any atom is -0.465 e. The summed E-state index contributed by atoms with van der Waals surface area (Å²) in [5.41, 5.74) is 1.62. The Balaban J connectivity index is 2.56. The number of nitrogens with one attached hydrogen (secondary N) is 1. The van der Waals surface area contributed by atoms with Gasteiger partial charge in [-0.05, 0) is 51.5 Å². The molecule has 0 atom stereocenters. The van der Waals surface area contributed by atoms with E-state index in [1.165, 1.54) is 11.8 Å². The largest absolute Gasteiger partial charge is 0.465 e. The molecule has 0 saturated carbocycles. The van der Waals surface area contributed by atoms with Gasteiger partial charge in [-0.15, -0.1) is 11.8 Å². The number of rotatable bonds is 6. The Kier molecular flexibility index (Phi) is 6.55. The molecular weight excluding hydrogens is 310 g/mol. The van der Waals surface area contributed by atoms with Crippen molar-refractivity contribution in [3.63, 3.8) is 0 Å². The van der Waals surface area contributed by atoms with Crippen molar-refractivity contribution in [2.24, 2.45) is 0 Å². The number of esters is 1. The van der Waals surface area contributed by atoms with Gasteiger partial charge in [0.2, 0.25) is 5.91 Å². The first-order valence-electron chi connectivity index (χ1n) is 6.63. The van der Waals surface area contributed by atoms with E-state index in [4.69, 9.17) is 16.3 Å². The summed E-state index contributed by atoms with van der Waals surface area (Å²) in [5.74, 6) is -0.304. The van der Waals surface area contributed by atoms with Crippen molar-refractivity contribution < 1.29 is 14.3 Å². The van der Waals surface area contributed by atoms with Crippen LogP contribution in [0.25, 0.3) is 0 Å². The van der Waals surface area contributed by atoms with Gasteiger partial charge in [0.15, 0.2) is 0 Å². The highest BCUT2D eigenvalue weighted by Crippen LogP contribution is 2.26. The average molecular weight is 330 g/mol. The van der Waals surface area contributed by atoms with Gasteiger partial charge < -0.3 is 10.1 Å². The van der Waals surface area contributed by atoms with Gasteiger partial charge in [-0.3, -0.25) is 9.59 Å². The fourth-order valence-electron chi connectivity index (χ4n) is 1.56. The van der Waals surface area contributed by atoms with Crippen molar-refractivity contribution in [1.82, 2.24) is 0 Å². The zero-order chi connectivity index (χ0) is 16.0. The zero-order valence-electron chi connectivity index (χ0n) is 12.7.